The number of alkyl halides is 3. The maximum Gasteiger partial charge on any atom is 0.419 e. The lowest BCUT2D eigenvalue weighted by Gasteiger charge is -2.35. The van der Waals surface area contributed by atoms with Crippen molar-refractivity contribution < 1.29 is 40.3 Å². The van der Waals surface area contributed by atoms with Crippen LogP contribution in [0.25, 0.3) is 0 Å². The molecule has 0 unspecified atom stereocenters. The monoisotopic (exact) mass is 478 g/mol. The molecular formula is C20H22F4N2O5S. The number of hydrogen-bond donors (Lipinski definition) is 1. The van der Waals surface area contributed by atoms with E-state index in [1.807, 2.05) is 0 Å². The lowest BCUT2D eigenvalue weighted by molar-refractivity contribution is -0.140. The first-order chi connectivity index (χ1) is 14.6. The minimum atomic E-state index is -5.02. The van der Waals surface area contributed by atoms with Crippen molar-refractivity contribution in [2.75, 3.05) is 10.7 Å². The Kier molecular flexibility index (Phi) is 4.87. The summed E-state index contributed by atoms with van der Waals surface area (Å²) >= 11 is 0. The number of fused-ring (bicyclic) bond motifs is 5. The van der Waals surface area contributed by atoms with Gasteiger partial charge in [-0.2, -0.15) is 13.2 Å². The van der Waals surface area contributed by atoms with Crippen LogP contribution >= 0.6 is 0 Å². The van der Waals surface area contributed by atoms with Crippen molar-refractivity contribution in [1.82, 2.24) is 4.72 Å². The molecule has 12 heteroatoms. The van der Waals surface area contributed by atoms with Gasteiger partial charge in [0, 0.05) is 0 Å². The van der Waals surface area contributed by atoms with Crippen LogP contribution in [-0.4, -0.2) is 43.2 Å². The third-order valence-corrected chi connectivity index (χ3v) is 8.30. The van der Waals surface area contributed by atoms with Crippen LogP contribution in [0.3, 0.4) is 0 Å². The van der Waals surface area contributed by atoms with Crippen LogP contribution in [0.15, 0.2) is 12.1 Å². The van der Waals surface area contributed by atoms with Gasteiger partial charge in [0.05, 0.1) is 46.1 Å². The summed E-state index contributed by atoms with van der Waals surface area (Å²) in [6, 6.07) is 1.15. The van der Waals surface area contributed by atoms with Crippen LogP contribution in [0.4, 0.5) is 23.2 Å². The average molecular weight is 478 g/mol. The van der Waals surface area contributed by atoms with E-state index in [-0.39, 0.29) is 17.7 Å². The van der Waals surface area contributed by atoms with Gasteiger partial charge in [-0.1, -0.05) is 6.07 Å². The molecule has 176 valence electrons. The van der Waals surface area contributed by atoms with Crippen LogP contribution in [0.1, 0.15) is 38.3 Å². The molecule has 1 aromatic carbocycles. The Morgan fingerprint density at radius 2 is 1.78 bits per heavy atom. The van der Waals surface area contributed by atoms with Crippen LogP contribution in [-0.2, 0) is 30.5 Å². The molecule has 0 radical (unpaired) electrons. The zero-order valence-electron chi connectivity index (χ0n) is 17.7. The Hall–Kier alpha value is -2.05. The van der Waals surface area contributed by atoms with E-state index >= 15 is 0 Å². The second kappa shape index (κ2) is 6.73. The van der Waals surface area contributed by atoms with Crippen molar-refractivity contribution in [2.45, 2.75) is 57.5 Å². The Morgan fingerprint density at radius 1 is 1.19 bits per heavy atom. The SMILES string of the molecule is CCS(=O)(=O)N[C@@H]1C[C@@]2(C)O[C@]1(C)[C@@H]1C(=O)N(c3ccc(C)c(C(F)(F)F)c3F)C(=O)[C@@H]12. The van der Waals surface area contributed by atoms with E-state index in [1.54, 1.807) is 6.92 Å². The number of rotatable bonds is 4. The number of halogens is 4. The Bertz CT molecular complexity index is 1140. The van der Waals surface area contributed by atoms with Gasteiger partial charge in [0.2, 0.25) is 21.8 Å². The summed E-state index contributed by atoms with van der Waals surface area (Å²) < 4.78 is 87.9. The first-order valence-electron chi connectivity index (χ1n) is 10.0. The molecule has 1 aromatic rings. The summed E-state index contributed by atoms with van der Waals surface area (Å²) in [5.41, 5.74) is -5.36. The summed E-state index contributed by atoms with van der Waals surface area (Å²) in [4.78, 5) is 27.0. The fourth-order valence-electron chi connectivity index (χ4n) is 5.43. The number of nitrogens with one attached hydrogen (secondary N) is 1. The van der Waals surface area contributed by atoms with Crippen molar-refractivity contribution in [1.29, 1.82) is 0 Å². The standard InChI is InChI=1S/C20H22F4N2O5S/c1-5-32(29,30)25-11-8-18(3)13-14(19(11,4)31-18)17(28)26(16(13)27)10-7-6-9(2)12(15(10)21)20(22,23)24/h6-7,11,13-14,25H,5,8H2,1-4H3/t11-,13-,14+,18-,19+/m1/s1. The molecule has 2 amide bonds. The Balaban J connectivity index is 1.79. The third kappa shape index (κ3) is 3.02. The first-order valence-corrected chi connectivity index (χ1v) is 11.7. The van der Waals surface area contributed by atoms with E-state index in [4.69, 9.17) is 4.74 Å². The van der Waals surface area contributed by atoms with E-state index in [9.17, 15) is 35.6 Å². The van der Waals surface area contributed by atoms with Gasteiger partial charge in [-0.25, -0.2) is 22.4 Å². The molecule has 4 rings (SSSR count). The summed E-state index contributed by atoms with van der Waals surface area (Å²) in [6.45, 7) is 5.57. The van der Waals surface area contributed by atoms with Crippen molar-refractivity contribution in [3.05, 3.63) is 29.1 Å². The van der Waals surface area contributed by atoms with Gasteiger partial charge in [-0.05, 0) is 45.7 Å². The topological polar surface area (TPSA) is 92.8 Å². The van der Waals surface area contributed by atoms with Gasteiger partial charge >= 0.3 is 6.18 Å². The van der Waals surface area contributed by atoms with E-state index in [1.165, 1.54) is 13.8 Å². The van der Waals surface area contributed by atoms with Crippen LogP contribution < -0.4 is 9.62 Å². The smallest absolute Gasteiger partial charge is 0.366 e. The third-order valence-electron chi connectivity index (χ3n) is 6.89. The predicted molar refractivity (Wildman–Crippen MR) is 105 cm³/mol. The van der Waals surface area contributed by atoms with E-state index < -0.39 is 74.2 Å². The summed E-state index contributed by atoms with van der Waals surface area (Å²) in [7, 11) is -3.67. The zero-order chi connectivity index (χ0) is 24.0. The Morgan fingerprint density at radius 3 is 2.34 bits per heavy atom. The number of aryl methyl sites for hydroxylation is 1. The van der Waals surface area contributed by atoms with Gasteiger partial charge in [-0.15, -0.1) is 0 Å². The second-order valence-electron chi connectivity index (χ2n) is 8.93. The quantitative estimate of drug-likeness (QED) is 0.530. The molecule has 3 aliphatic rings. The molecule has 32 heavy (non-hydrogen) atoms. The average Bonchev–Trinajstić information content (AvgIpc) is 3.16. The molecule has 1 N–H and O–H groups in total. The lowest BCUT2D eigenvalue weighted by Crippen LogP contribution is -2.56. The van der Waals surface area contributed by atoms with Gasteiger partial charge < -0.3 is 4.74 Å². The van der Waals surface area contributed by atoms with E-state index in [2.05, 4.69) is 4.72 Å². The van der Waals surface area contributed by atoms with Gasteiger partial charge in [0.1, 0.15) is 0 Å². The zero-order valence-corrected chi connectivity index (χ0v) is 18.5. The van der Waals surface area contributed by atoms with Crippen molar-refractivity contribution in [3.63, 3.8) is 0 Å². The minimum Gasteiger partial charge on any atom is -0.366 e. The highest BCUT2D eigenvalue weighted by Crippen LogP contribution is 2.61. The molecule has 7 nitrogen and oxygen atoms in total. The van der Waals surface area contributed by atoms with Crippen LogP contribution in [0.2, 0.25) is 0 Å². The number of amides is 2. The summed E-state index contributed by atoms with van der Waals surface area (Å²) in [5, 5.41) is 0. The number of imide groups is 1. The molecule has 0 spiro atoms. The summed E-state index contributed by atoms with van der Waals surface area (Å²) in [5.74, 6) is -5.93. The Labute approximate surface area is 182 Å². The normalized spacial score (nSPS) is 34.5. The molecule has 0 aliphatic carbocycles. The number of hydrogen-bond acceptors (Lipinski definition) is 5. The highest BCUT2D eigenvalue weighted by molar-refractivity contribution is 7.89. The highest BCUT2D eigenvalue weighted by atomic mass is 32.2. The number of carbonyl (C=O) groups excluding carboxylic acids is 2. The number of nitrogens with zero attached hydrogens (tertiary/aromatic N) is 1. The molecule has 3 heterocycles. The number of benzene rings is 1. The molecule has 0 aromatic heterocycles. The number of sulfonamides is 1. The largest absolute Gasteiger partial charge is 0.419 e. The van der Waals surface area contributed by atoms with Gasteiger partial charge in [-0.3, -0.25) is 9.59 Å². The second-order valence-corrected chi connectivity index (χ2v) is 11.0. The molecule has 3 aliphatic heterocycles. The molecule has 3 saturated heterocycles. The van der Waals surface area contributed by atoms with E-state index in [0.717, 1.165) is 19.1 Å². The summed E-state index contributed by atoms with van der Waals surface area (Å²) in [6.07, 6.45) is -4.93. The van der Waals surface area contributed by atoms with Crippen molar-refractivity contribution in [3.8, 4) is 0 Å². The van der Waals surface area contributed by atoms with Gasteiger partial charge in [0.15, 0.2) is 5.82 Å². The van der Waals surface area contributed by atoms with Crippen LogP contribution in [0, 0.1) is 24.6 Å². The van der Waals surface area contributed by atoms with Crippen molar-refractivity contribution in [2.24, 2.45) is 11.8 Å². The van der Waals surface area contributed by atoms with Crippen molar-refractivity contribution >= 4 is 27.5 Å². The van der Waals surface area contributed by atoms with Gasteiger partial charge in [0.25, 0.3) is 0 Å². The fourth-order valence-corrected chi connectivity index (χ4v) is 6.35. The molecule has 5 atom stereocenters. The lowest BCUT2D eigenvalue weighted by atomic mass is 9.67. The fraction of sp³-hybridized carbons (Fsp3) is 0.600. The maximum atomic E-state index is 15.0. The predicted octanol–water partition coefficient (Wildman–Crippen LogP) is 2.52. The number of ether oxygens (including phenoxy) is 1. The van der Waals surface area contributed by atoms with Crippen LogP contribution in [0.5, 0.6) is 0 Å². The molecule has 3 fully saturated rings. The minimum absolute atomic E-state index is 0.0843. The first kappa shape index (κ1) is 23.1. The molecule has 0 saturated carbocycles. The number of anilines is 1. The molecular weight excluding hydrogens is 456 g/mol. The van der Waals surface area contributed by atoms with E-state index in [0.29, 0.717) is 4.90 Å². The molecule has 2 bridgehead atoms. The maximum absolute atomic E-state index is 15.0. The highest BCUT2D eigenvalue weighted by Gasteiger charge is 2.76. The number of carbonyl (C=O) groups is 2.